The number of morpholine rings is 1. The number of carboxylic acid groups (broad SMARTS) is 1. The van der Waals surface area contributed by atoms with Gasteiger partial charge in [-0.05, 0) is 32.0 Å². The fourth-order valence-electron chi connectivity index (χ4n) is 2.89. The van der Waals surface area contributed by atoms with Gasteiger partial charge in [-0.3, -0.25) is 14.6 Å². The Balaban J connectivity index is 1.68. The maximum atomic E-state index is 10.7. The van der Waals surface area contributed by atoms with E-state index in [4.69, 9.17) is 9.84 Å². The van der Waals surface area contributed by atoms with Gasteiger partial charge in [0.15, 0.2) is 0 Å². The third-order valence-electron chi connectivity index (χ3n) is 3.93. The van der Waals surface area contributed by atoms with Crippen molar-refractivity contribution in [1.82, 2.24) is 9.80 Å². The van der Waals surface area contributed by atoms with Crippen molar-refractivity contribution in [3.8, 4) is 0 Å². The summed E-state index contributed by atoms with van der Waals surface area (Å²) in [6.45, 7) is 4.39. The molecule has 5 nitrogen and oxygen atoms in total. The van der Waals surface area contributed by atoms with Crippen molar-refractivity contribution in [3.05, 3.63) is 35.9 Å². The average Bonchev–Trinajstić information content (AvgIpc) is 2.48. The third kappa shape index (κ3) is 6.13. The molecule has 5 heteroatoms. The van der Waals surface area contributed by atoms with Crippen molar-refractivity contribution in [2.45, 2.75) is 18.9 Å². The smallest absolute Gasteiger partial charge is 0.317 e. The molecule has 0 aliphatic carbocycles. The summed E-state index contributed by atoms with van der Waals surface area (Å²) in [5, 5.41) is 8.80. The quantitative estimate of drug-likeness (QED) is 0.785. The highest BCUT2D eigenvalue weighted by Gasteiger charge is 2.21. The zero-order chi connectivity index (χ0) is 15.8. The van der Waals surface area contributed by atoms with E-state index in [2.05, 4.69) is 29.2 Å². The molecular weight excluding hydrogens is 280 g/mol. The number of hydrogen-bond acceptors (Lipinski definition) is 4. The van der Waals surface area contributed by atoms with E-state index in [0.717, 1.165) is 39.1 Å². The lowest BCUT2D eigenvalue weighted by atomic mass is 10.1. The van der Waals surface area contributed by atoms with E-state index >= 15 is 0 Å². The van der Waals surface area contributed by atoms with Crippen LogP contribution in [0.15, 0.2) is 30.3 Å². The van der Waals surface area contributed by atoms with Crippen molar-refractivity contribution in [1.29, 1.82) is 0 Å². The second kappa shape index (κ2) is 8.88. The van der Waals surface area contributed by atoms with Crippen LogP contribution in [0.4, 0.5) is 0 Å². The summed E-state index contributed by atoms with van der Waals surface area (Å²) in [5.41, 5.74) is 1.38. The lowest BCUT2D eigenvalue weighted by molar-refractivity contribution is -0.138. The summed E-state index contributed by atoms with van der Waals surface area (Å²) in [6.07, 6.45) is 2.35. The Morgan fingerprint density at radius 2 is 2.18 bits per heavy atom. The van der Waals surface area contributed by atoms with Crippen molar-refractivity contribution in [2.24, 2.45) is 0 Å². The Bertz CT molecular complexity index is 452. The van der Waals surface area contributed by atoms with Crippen LogP contribution < -0.4 is 0 Å². The van der Waals surface area contributed by atoms with E-state index in [1.54, 1.807) is 4.90 Å². The molecule has 0 bridgehead atoms. The average molecular weight is 306 g/mol. The van der Waals surface area contributed by atoms with Crippen molar-refractivity contribution < 1.29 is 14.6 Å². The molecule has 0 radical (unpaired) electrons. The second-order valence-corrected chi connectivity index (χ2v) is 5.97. The zero-order valence-electron chi connectivity index (χ0n) is 13.3. The van der Waals surface area contributed by atoms with Crippen LogP contribution in [-0.2, 0) is 16.0 Å². The van der Waals surface area contributed by atoms with Crippen LogP contribution in [0.5, 0.6) is 0 Å². The highest BCUT2D eigenvalue weighted by Crippen LogP contribution is 2.09. The van der Waals surface area contributed by atoms with Gasteiger partial charge in [0.25, 0.3) is 0 Å². The third-order valence-corrected chi connectivity index (χ3v) is 3.93. The fourth-order valence-corrected chi connectivity index (χ4v) is 2.89. The summed E-state index contributed by atoms with van der Waals surface area (Å²) in [6, 6.07) is 10.5. The first kappa shape index (κ1) is 16.9. The van der Waals surface area contributed by atoms with Crippen LogP contribution in [0.25, 0.3) is 0 Å². The van der Waals surface area contributed by atoms with Crippen LogP contribution >= 0.6 is 0 Å². The molecule has 122 valence electrons. The minimum Gasteiger partial charge on any atom is -0.480 e. The topological polar surface area (TPSA) is 53.0 Å². The van der Waals surface area contributed by atoms with Crippen LogP contribution in [-0.4, -0.2) is 73.4 Å². The molecule has 1 aromatic rings. The SMILES string of the molecule is CN(CC(=O)O)C[C@@H]1CN(CCCc2ccccc2)CCO1. The minimum absolute atomic E-state index is 0.0634. The van der Waals surface area contributed by atoms with Crippen LogP contribution in [0.1, 0.15) is 12.0 Å². The molecule has 1 aliphatic rings. The van der Waals surface area contributed by atoms with Gasteiger partial charge in [-0.2, -0.15) is 0 Å². The monoisotopic (exact) mass is 306 g/mol. The molecule has 1 N–H and O–H groups in total. The second-order valence-electron chi connectivity index (χ2n) is 5.97. The highest BCUT2D eigenvalue weighted by molar-refractivity contribution is 5.69. The Kier molecular flexibility index (Phi) is 6.83. The summed E-state index contributed by atoms with van der Waals surface area (Å²) in [4.78, 5) is 14.9. The van der Waals surface area contributed by atoms with Crippen molar-refractivity contribution in [2.75, 3.05) is 46.4 Å². The Labute approximate surface area is 132 Å². The molecular formula is C17H26N2O3. The molecule has 1 atom stereocenters. The Morgan fingerprint density at radius 3 is 2.91 bits per heavy atom. The Hall–Kier alpha value is -1.43. The van der Waals surface area contributed by atoms with Crippen molar-refractivity contribution >= 4 is 5.97 Å². The molecule has 0 amide bonds. The van der Waals surface area contributed by atoms with E-state index in [-0.39, 0.29) is 12.6 Å². The standard InChI is InChI=1S/C17H26N2O3/c1-18(14-17(20)21)12-16-13-19(10-11-22-16)9-5-8-15-6-3-2-4-7-15/h2-4,6-7,16H,5,8-14H2,1H3,(H,20,21)/t16-/m1/s1. The number of rotatable bonds is 8. The molecule has 1 heterocycles. The molecule has 0 spiro atoms. The van der Waals surface area contributed by atoms with Gasteiger partial charge in [-0.1, -0.05) is 30.3 Å². The molecule has 22 heavy (non-hydrogen) atoms. The van der Waals surface area contributed by atoms with E-state index in [1.807, 2.05) is 13.1 Å². The van der Waals surface area contributed by atoms with E-state index in [1.165, 1.54) is 5.56 Å². The first-order valence-corrected chi connectivity index (χ1v) is 7.91. The number of likely N-dealkylation sites (N-methyl/N-ethyl adjacent to an activating group) is 1. The number of benzene rings is 1. The number of aliphatic carboxylic acids is 1. The van der Waals surface area contributed by atoms with Crippen LogP contribution in [0, 0.1) is 0 Å². The maximum absolute atomic E-state index is 10.7. The number of hydrogen-bond donors (Lipinski definition) is 1. The van der Waals surface area contributed by atoms with Gasteiger partial charge >= 0.3 is 5.97 Å². The number of carbonyl (C=O) groups is 1. The van der Waals surface area contributed by atoms with Crippen LogP contribution in [0.3, 0.4) is 0 Å². The molecule has 1 aromatic carbocycles. The number of aryl methyl sites for hydroxylation is 1. The van der Waals surface area contributed by atoms with Crippen LogP contribution in [0.2, 0.25) is 0 Å². The lowest BCUT2D eigenvalue weighted by Crippen LogP contribution is -2.47. The normalized spacial score (nSPS) is 19.5. The molecule has 1 saturated heterocycles. The summed E-state index contributed by atoms with van der Waals surface area (Å²) < 4.78 is 5.75. The molecule has 1 aliphatic heterocycles. The van der Waals surface area contributed by atoms with Gasteiger partial charge in [0.2, 0.25) is 0 Å². The highest BCUT2D eigenvalue weighted by atomic mass is 16.5. The summed E-state index contributed by atoms with van der Waals surface area (Å²) in [5.74, 6) is -0.793. The van der Waals surface area contributed by atoms with Gasteiger partial charge in [0.1, 0.15) is 0 Å². The summed E-state index contributed by atoms with van der Waals surface area (Å²) >= 11 is 0. The maximum Gasteiger partial charge on any atom is 0.317 e. The van der Waals surface area contributed by atoms with Gasteiger partial charge in [-0.25, -0.2) is 0 Å². The lowest BCUT2D eigenvalue weighted by Gasteiger charge is -2.34. The van der Waals surface area contributed by atoms with Gasteiger partial charge in [0.05, 0.1) is 19.3 Å². The van der Waals surface area contributed by atoms with Gasteiger partial charge in [-0.15, -0.1) is 0 Å². The molecule has 1 fully saturated rings. The molecule has 0 unspecified atom stereocenters. The number of carboxylic acids is 1. The number of nitrogens with zero attached hydrogens (tertiary/aromatic N) is 2. The Morgan fingerprint density at radius 1 is 1.41 bits per heavy atom. The zero-order valence-corrected chi connectivity index (χ0v) is 13.3. The van der Waals surface area contributed by atoms with E-state index < -0.39 is 5.97 Å². The van der Waals surface area contributed by atoms with E-state index in [9.17, 15) is 4.79 Å². The van der Waals surface area contributed by atoms with Gasteiger partial charge < -0.3 is 9.84 Å². The minimum atomic E-state index is -0.793. The molecule has 2 rings (SSSR count). The molecule has 0 saturated carbocycles. The first-order chi connectivity index (χ1) is 10.6. The summed E-state index contributed by atoms with van der Waals surface area (Å²) in [7, 11) is 1.83. The van der Waals surface area contributed by atoms with Crippen molar-refractivity contribution in [3.63, 3.8) is 0 Å². The largest absolute Gasteiger partial charge is 0.480 e. The predicted octanol–water partition coefficient (Wildman–Crippen LogP) is 1.34. The fraction of sp³-hybridized carbons (Fsp3) is 0.588. The van der Waals surface area contributed by atoms with E-state index in [0.29, 0.717) is 6.54 Å². The predicted molar refractivity (Wildman–Crippen MR) is 86.1 cm³/mol. The molecule has 0 aromatic heterocycles. The number of ether oxygens (including phenoxy) is 1. The first-order valence-electron chi connectivity index (χ1n) is 7.91. The van der Waals surface area contributed by atoms with Gasteiger partial charge in [0, 0.05) is 19.6 Å².